The molecular formula is C15H18BrFO. The highest BCUT2D eigenvalue weighted by molar-refractivity contribution is 9.10. The molecule has 1 nitrogen and oxygen atoms in total. The molecule has 0 spiro atoms. The Morgan fingerprint density at radius 2 is 1.89 bits per heavy atom. The minimum Gasteiger partial charge on any atom is -0.299 e. The van der Waals surface area contributed by atoms with Crippen molar-refractivity contribution in [1.29, 1.82) is 0 Å². The lowest BCUT2D eigenvalue weighted by molar-refractivity contribution is -0.122. The first-order chi connectivity index (χ1) is 8.68. The Hall–Kier alpha value is -0.700. The van der Waals surface area contributed by atoms with Gasteiger partial charge in [0.05, 0.1) is 4.47 Å². The largest absolute Gasteiger partial charge is 0.299 e. The lowest BCUT2D eigenvalue weighted by Crippen LogP contribution is -2.16. The third-order valence-corrected chi connectivity index (χ3v) is 4.59. The van der Waals surface area contributed by atoms with Crippen LogP contribution in [0.1, 0.15) is 44.1 Å². The van der Waals surface area contributed by atoms with Crippen LogP contribution in [0.5, 0.6) is 0 Å². The molecule has 1 aliphatic rings. The zero-order valence-corrected chi connectivity index (χ0v) is 12.0. The molecule has 0 radical (unpaired) electrons. The van der Waals surface area contributed by atoms with Crippen LogP contribution in [0.2, 0.25) is 0 Å². The number of carbonyl (C=O) groups excluding carboxylic acids is 1. The van der Waals surface area contributed by atoms with E-state index in [0.717, 1.165) is 31.2 Å². The fraction of sp³-hybridized carbons (Fsp3) is 0.533. The van der Waals surface area contributed by atoms with E-state index in [1.165, 1.54) is 18.9 Å². The van der Waals surface area contributed by atoms with Gasteiger partial charge in [-0.15, -0.1) is 0 Å². The molecule has 18 heavy (non-hydrogen) atoms. The molecule has 3 heteroatoms. The van der Waals surface area contributed by atoms with Gasteiger partial charge in [0.1, 0.15) is 11.6 Å². The van der Waals surface area contributed by atoms with Crippen LogP contribution in [0.4, 0.5) is 4.39 Å². The summed E-state index contributed by atoms with van der Waals surface area (Å²) in [6.07, 6.45) is 7.16. The van der Waals surface area contributed by atoms with Gasteiger partial charge in [-0.25, -0.2) is 4.39 Å². The van der Waals surface area contributed by atoms with Crippen molar-refractivity contribution >= 4 is 21.7 Å². The fourth-order valence-electron chi connectivity index (χ4n) is 2.62. The first-order valence-electron chi connectivity index (χ1n) is 6.64. The van der Waals surface area contributed by atoms with Gasteiger partial charge in [0.15, 0.2) is 0 Å². The maximum Gasteiger partial charge on any atom is 0.140 e. The van der Waals surface area contributed by atoms with E-state index < -0.39 is 0 Å². The molecule has 0 bridgehead atoms. The van der Waals surface area contributed by atoms with Crippen LogP contribution in [0, 0.1) is 11.7 Å². The van der Waals surface area contributed by atoms with Gasteiger partial charge in [0.25, 0.3) is 0 Å². The topological polar surface area (TPSA) is 17.1 Å². The molecule has 0 heterocycles. The Morgan fingerprint density at radius 1 is 1.22 bits per heavy atom. The average Bonchev–Trinajstić information content (AvgIpc) is 2.63. The van der Waals surface area contributed by atoms with Crippen molar-refractivity contribution < 1.29 is 9.18 Å². The Labute approximate surface area is 116 Å². The van der Waals surface area contributed by atoms with Gasteiger partial charge in [-0.3, -0.25) is 4.79 Å². The first-order valence-corrected chi connectivity index (χ1v) is 7.43. The fourth-order valence-corrected chi connectivity index (χ4v) is 3.02. The summed E-state index contributed by atoms with van der Waals surface area (Å²) in [7, 11) is 0. The van der Waals surface area contributed by atoms with Gasteiger partial charge in [0, 0.05) is 12.3 Å². The number of carbonyl (C=O) groups is 1. The van der Waals surface area contributed by atoms with E-state index in [1.807, 2.05) is 6.07 Å². The summed E-state index contributed by atoms with van der Waals surface area (Å²) in [5.41, 5.74) is 0.768. The number of ketones is 1. The van der Waals surface area contributed by atoms with Crippen molar-refractivity contribution in [3.63, 3.8) is 0 Å². The molecule has 98 valence electrons. The Bertz CT molecular complexity index is 423. The summed E-state index contributed by atoms with van der Waals surface area (Å²) in [5, 5.41) is 0. The number of halogens is 2. The summed E-state index contributed by atoms with van der Waals surface area (Å²) < 4.78 is 13.8. The minimum absolute atomic E-state index is 0.183. The zero-order chi connectivity index (χ0) is 13.0. The van der Waals surface area contributed by atoms with E-state index in [-0.39, 0.29) is 17.5 Å². The first kappa shape index (κ1) is 13.7. The molecule has 0 unspecified atom stereocenters. The van der Waals surface area contributed by atoms with E-state index in [2.05, 4.69) is 15.9 Å². The van der Waals surface area contributed by atoms with Crippen molar-refractivity contribution in [3.8, 4) is 0 Å². The van der Waals surface area contributed by atoms with E-state index in [9.17, 15) is 9.18 Å². The van der Waals surface area contributed by atoms with E-state index in [0.29, 0.717) is 10.9 Å². The summed E-state index contributed by atoms with van der Waals surface area (Å²) in [6, 6.07) is 4.89. The molecule has 0 N–H and O–H groups in total. The highest BCUT2D eigenvalue weighted by Crippen LogP contribution is 2.27. The van der Waals surface area contributed by atoms with Crippen molar-refractivity contribution in [1.82, 2.24) is 0 Å². The van der Waals surface area contributed by atoms with Crippen molar-refractivity contribution in [2.24, 2.45) is 5.92 Å². The Balaban J connectivity index is 2.03. The van der Waals surface area contributed by atoms with Gasteiger partial charge in [-0.05, 0) is 40.4 Å². The maximum atomic E-state index is 13.4. The molecule has 1 saturated carbocycles. The third-order valence-electron chi connectivity index (χ3n) is 3.71. The monoisotopic (exact) mass is 312 g/mol. The second-order valence-electron chi connectivity index (χ2n) is 5.04. The van der Waals surface area contributed by atoms with Crippen LogP contribution in [0.3, 0.4) is 0 Å². The minimum atomic E-state index is -0.291. The zero-order valence-electron chi connectivity index (χ0n) is 10.4. The van der Waals surface area contributed by atoms with Crippen LogP contribution in [0.25, 0.3) is 0 Å². The number of hydrogen-bond acceptors (Lipinski definition) is 1. The SMILES string of the molecule is O=C(Cc1cccc(F)c1Br)C1CCCCCC1. The summed E-state index contributed by atoms with van der Waals surface area (Å²) in [4.78, 5) is 12.2. The highest BCUT2D eigenvalue weighted by atomic mass is 79.9. The van der Waals surface area contributed by atoms with Crippen LogP contribution >= 0.6 is 15.9 Å². The second-order valence-corrected chi connectivity index (χ2v) is 5.84. The molecule has 0 aromatic heterocycles. The lowest BCUT2D eigenvalue weighted by atomic mass is 9.91. The van der Waals surface area contributed by atoms with Gasteiger partial charge in [-0.1, -0.05) is 37.8 Å². The second kappa shape index (κ2) is 6.46. The van der Waals surface area contributed by atoms with Crippen molar-refractivity contribution in [2.45, 2.75) is 44.9 Å². The van der Waals surface area contributed by atoms with Crippen LogP contribution in [0.15, 0.2) is 22.7 Å². The van der Waals surface area contributed by atoms with Gasteiger partial charge in [-0.2, -0.15) is 0 Å². The molecule has 2 rings (SSSR count). The molecule has 1 aliphatic carbocycles. The van der Waals surface area contributed by atoms with E-state index >= 15 is 0 Å². The smallest absolute Gasteiger partial charge is 0.140 e. The van der Waals surface area contributed by atoms with E-state index in [1.54, 1.807) is 6.07 Å². The van der Waals surface area contributed by atoms with E-state index in [4.69, 9.17) is 0 Å². The molecule has 1 aromatic rings. The Kier molecular flexibility index (Phi) is 4.93. The van der Waals surface area contributed by atoms with Crippen LogP contribution in [-0.2, 0) is 11.2 Å². The number of benzene rings is 1. The summed E-state index contributed by atoms with van der Waals surface area (Å²) >= 11 is 3.22. The Morgan fingerprint density at radius 3 is 2.56 bits per heavy atom. The quantitative estimate of drug-likeness (QED) is 0.741. The van der Waals surface area contributed by atoms with Gasteiger partial charge < -0.3 is 0 Å². The number of hydrogen-bond donors (Lipinski definition) is 0. The van der Waals surface area contributed by atoms with Crippen LogP contribution < -0.4 is 0 Å². The predicted octanol–water partition coefficient (Wildman–Crippen LogP) is 4.67. The van der Waals surface area contributed by atoms with Gasteiger partial charge >= 0.3 is 0 Å². The van der Waals surface area contributed by atoms with Crippen LogP contribution in [-0.4, -0.2) is 5.78 Å². The molecule has 1 fully saturated rings. The molecule has 0 amide bonds. The normalized spacial score (nSPS) is 17.4. The molecular weight excluding hydrogens is 295 g/mol. The summed E-state index contributed by atoms with van der Waals surface area (Å²) in [6.45, 7) is 0. The molecule has 0 aliphatic heterocycles. The van der Waals surface area contributed by atoms with Crippen molar-refractivity contribution in [3.05, 3.63) is 34.1 Å². The summed E-state index contributed by atoms with van der Waals surface area (Å²) in [5.74, 6) is 0.159. The molecule has 0 atom stereocenters. The van der Waals surface area contributed by atoms with Crippen molar-refractivity contribution in [2.75, 3.05) is 0 Å². The maximum absolute atomic E-state index is 13.4. The van der Waals surface area contributed by atoms with Gasteiger partial charge in [0.2, 0.25) is 0 Å². The standard InChI is InChI=1S/C15H18BrFO/c16-15-12(8-5-9-13(15)17)10-14(18)11-6-3-1-2-4-7-11/h5,8-9,11H,1-4,6-7,10H2. The number of Topliss-reactive ketones (excluding diaryl/α,β-unsaturated/α-hetero) is 1. The molecule has 0 saturated heterocycles. The molecule has 1 aromatic carbocycles. The highest BCUT2D eigenvalue weighted by Gasteiger charge is 2.21. The average molecular weight is 313 g/mol. The number of rotatable bonds is 3. The lowest BCUT2D eigenvalue weighted by Gasteiger charge is -2.13. The predicted molar refractivity (Wildman–Crippen MR) is 74.0 cm³/mol. The third kappa shape index (κ3) is 3.41.